The van der Waals surface area contributed by atoms with E-state index in [2.05, 4.69) is 10.6 Å². The Morgan fingerprint density at radius 1 is 0.786 bits per heavy atom. The molecule has 0 amide bonds. The van der Waals surface area contributed by atoms with Gasteiger partial charge in [0.15, 0.2) is 0 Å². The lowest BCUT2D eigenvalue weighted by atomic mass is 9.94. The average molecular weight is 202 g/mol. The summed E-state index contributed by atoms with van der Waals surface area (Å²) in [5.41, 5.74) is 0. The van der Waals surface area contributed by atoms with Crippen LogP contribution in [-0.4, -0.2) is 34.8 Å². The van der Waals surface area contributed by atoms with Gasteiger partial charge in [0.05, 0.1) is 12.1 Å². The molecule has 2 unspecified atom stereocenters. The summed E-state index contributed by atoms with van der Waals surface area (Å²) in [6.45, 7) is 8.08. The minimum atomic E-state index is -0.578. The normalized spacial score (nSPS) is 39.4. The van der Waals surface area contributed by atoms with E-state index in [1.54, 1.807) is 0 Å². The van der Waals surface area contributed by atoms with Crippen molar-refractivity contribution in [1.29, 1.82) is 0 Å². The molecule has 0 bridgehead atoms. The third kappa shape index (κ3) is 2.45. The number of rotatable bonds is 2. The molecule has 1 rings (SSSR count). The Balaban J connectivity index is 2.62. The van der Waals surface area contributed by atoms with Gasteiger partial charge in [-0.15, -0.1) is 0 Å². The van der Waals surface area contributed by atoms with Crippen molar-refractivity contribution in [3.05, 3.63) is 0 Å². The predicted molar refractivity (Wildman–Crippen MR) is 55.5 cm³/mol. The largest absolute Gasteiger partial charge is 0.377 e. The topological polar surface area (TPSA) is 64.5 Å². The number of hydrogen-bond acceptors (Lipinski definition) is 4. The fourth-order valence-corrected chi connectivity index (χ4v) is 1.90. The average Bonchev–Trinajstić information content (AvgIpc) is 2.07. The zero-order valence-electron chi connectivity index (χ0n) is 9.36. The molecular weight excluding hydrogens is 180 g/mol. The van der Waals surface area contributed by atoms with Crippen LogP contribution in [-0.2, 0) is 0 Å². The summed E-state index contributed by atoms with van der Waals surface area (Å²) in [5, 5.41) is 25.7. The molecule has 0 spiro atoms. The van der Waals surface area contributed by atoms with E-state index < -0.39 is 12.5 Å². The first kappa shape index (κ1) is 11.9. The van der Waals surface area contributed by atoms with Gasteiger partial charge in [0, 0.05) is 0 Å². The van der Waals surface area contributed by atoms with Crippen LogP contribution in [0, 0.1) is 11.8 Å². The molecule has 0 radical (unpaired) electrons. The Hall–Kier alpha value is -0.160. The van der Waals surface area contributed by atoms with Crippen molar-refractivity contribution in [3.63, 3.8) is 0 Å². The van der Waals surface area contributed by atoms with E-state index >= 15 is 0 Å². The van der Waals surface area contributed by atoms with Gasteiger partial charge in [-0.2, -0.15) is 0 Å². The maximum atomic E-state index is 9.79. The molecule has 1 heterocycles. The zero-order valence-corrected chi connectivity index (χ0v) is 9.36. The molecule has 1 fully saturated rings. The molecule has 4 atom stereocenters. The summed E-state index contributed by atoms with van der Waals surface area (Å²) in [6, 6.07) is -0.167. The lowest BCUT2D eigenvalue weighted by molar-refractivity contribution is -0.0538. The summed E-state index contributed by atoms with van der Waals surface area (Å²) in [4.78, 5) is 0. The van der Waals surface area contributed by atoms with Gasteiger partial charge in [0.25, 0.3) is 0 Å². The van der Waals surface area contributed by atoms with E-state index in [1.807, 2.05) is 27.7 Å². The van der Waals surface area contributed by atoms with Crippen LogP contribution in [0.1, 0.15) is 27.7 Å². The second-order valence-corrected chi connectivity index (χ2v) is 4.76. The molecular formula is C10H22N2O2. The first-order valence-electron chi connectivity index (χ1n) is 5.31. The smallest absolute Gasteiger partial charge is 0.121 e. The molecule has 0 saturated carbocycles. The molecule has 4 heteroatoms. The highest BCUT2D eigenvalue weighted by molar-refractivity contribution is 4.91. The van der Waals surface area contributed by atoms with E-state index in [1.165, 1.54) is 0 Å². The van der Waals surface area contributed by atoms with Gasteiger partial charge in [0.2, 0.25) is 0 Å². The highest BCUT2D eigenvalue weighted by Gasteiger charge is 2.36. The summed E-state index contributed by atoms with van der Waals surface area (Å²) in [6.07, 6.45) is -1.16. The van der Waals surface area contributed by atoms with Gasteiger partial charge >= 0.3 is 0 Å². The van der Waals surface area contributed by atoms with E-state index in [9.17, 15) is 10.2 Å². The molecule has 4 nitrogen and oxygen atoms in total. The van der Waals surface area contributed by atoms with Gasteiger partial charge in [-0.1, -0.05) is 27.7 Å². The lowest BCUT2D eigenvalue weighted by Crippen LogP contribution is -2.68. The summed E-state index contributed by atoms with van der Waals surface area (Å²) in [7, 11) is 0. The molecule has 84 valence electrons. The van der Waals surface area contributed by atoms with Crippen LogP contribution in [0.2, 0.25) is 0 Å². The number of hydrogen-bond donors (Lipinski definition) is 4. The second kappa shape index (κ2) is 4.57. The quantitative estimate of drug-likeness (QED) is 0.503. The minimum Gasteiger partial charge on any atom is -0.377 e. The maximum Gasteiger partial charge on any atom is 0.121 e. The van der Waals surface area contributed by atoms with Crippen molar-refractivity contribution in [2.24, 2.45) is 11.8 Å². The van der Waals surface area contributed by atoms with E-state index in [-0.39, 0.29) is 12.1 Å². The molecule has 0 aromatic carbocycles. The fraction of sp³-hybridized carbons (Fsp3) is 1.00. The van der Waals surface area contributed by atoms with Crippen molar-refractivity contribution in [2.75, 3.05) is 0 Å². The Morgan fingerprint density at radius 3 is 1.29 bits per heavy atom. The SMILES string of the molecule is CC(C)[C@@H]1NC(O)[C@H](C(C)C)NC1O. The molecule has 0 aliphatic carbocycles. The number of nitrogens with one attached hydrogen (secondary N) is 2. The van der Waals surface area contributed by atoms with Crippen molar-refractivity contribution < 1.29 is 10.2 Å². The van der Waals surface area contributed by atoms with Gasteiger partial charge in [0.1, 0.15) is 12.5 Å². The lowest BCUT2D eigenvalue weighted by Gasteiger charge is -2.42. The van der Waals surface area contributed by atoms with Crippen molar-refractivity contribution >= 4 is 0 Å². The van der Waals surface area contributed by atoms with E-state index in [0.29, 0.717) is 11.8 Å². The second-order valence-electron chi connectivity index (χ2n) is 4.76. The standard InChI is InChI=1S/C10H22N2O2/c1-5(2)7-9(13)12-8(6(3)4)10(14)11-7/h5-14H,1-4H3/t7-,8-,9?,10?/m0/s1. The summed E-state index contributed by atoms with van der Waals surface area (Å²) < 4.78 is 0. The predicted octanol–water partition coefficient (Wildman–Crippen LogP) is -0.135. The third-order valence-electron chi connectivity index (χ3n) is 2.84. The van der Waals surface area contributed by atoms with Crippen LogP contribution in [0.3, 0.4) is 0 Å². The van der Waals surface area contributed by atoms with Crippen molar-refractivity contribution in [1.82, 2.24) is 10.6 Å². The van der Waals surface area contributed by atoms with Crippen LogP contribution >= 0.6 is 0 Å². The highest BCUT2D eigenvalue weighted by atomic mass is 16.3. The molecule has 0 aromatic heterocycles. The Morgan fingerprint density at radius 2 is 1.07 bits per heavy atom. The number of aliphatic hydroxyl groups excluding tert-OH is 2. The molecule has 1 saturated heterocycles. The molecule has 1 aliphatic rings. The summed E-state index contributed by atoms with van der Waals surface area (Å²) in [5.74, 6) is 0.584. The fourth-order valence-electron chi connectivity index (χ4n) is 1.90. The van der Waals surface area contributed by atoms with Crippen LogP contribution in [0.25, 0.3) is 0 Å². The van der Waals surface area contributed by atoms with Gasteiger partial charge in [-0.25, -0.2) is 0 Å². The minimum absolute atomic E-state index is 0.0833. The molecule has 0 aromatic rings. The number of piperazine rings is 1. The molecule has 1 aliphatic heterocycles. The van der Waals surface area contributed by atoms with Crippen LogP contribution in [0.4, 0.5) is 0 Å². The van der Waals surface area contributed by atoms with Gasteiger partial charge in [-0.3, -0.25) is 10.6 Å². The maximum absolute atomic E-state index is 9.79. The van der Waals surface area contributed by atoms with Crippen LogP contribution in [0.15, 0.2) is 0 Å². The van der Waals surface area contributed by atoms with Gasteiger partial charge < -0.3 is 10.2 Å². The van der Waals surface area contributed by atoms with Crippen LogP contribution in [0.5, 0.6) is 0 Å². The Labute approximate surface area is 85.7 Å². The summed E-state index contributed by atoms with van der Waals surface area (Å²) >= 11 is 0. The Bertz CT molecular complexity index is 165. The molecule has 14 heavy (non-hydrogen) atoms. The highest BCUT2D eigenvalue weighted by Crippen LogP contribution is 2.16. The third-order valence-corrected chi connectivity index (χ3v) is 2.84. The zero-order chi connectivity index (χ0) is 10.9. The van der Waals surface area contributed by atoms with Crippen molar-refractivity contribution in [3.8, 4) is 0 Å². The first-order valence-corrected chi connectivity index (χ1v) is 5.31. The molecule has 4 N–H and O–H groups in total. The number of aliphatic hydroxyl groups is 2. The van der Waals surface area contributed by atoms with Crippen molar-refractivity contribution in [2.45, 2.75) is 52.2 Å². The Kier molecular flexibility index (Phi) is 3.89. The van der Waals surface area contributed by atoms with E-state index in [0.717, 1.165) is 0 Å². The first-order chi connectivity index (χ1) is 6.43. The van der Waals surface area contributed by atoms with E-state index in [4.69, 9.17) is 0 Å². The van der Waals surface area contributed by atoms with Gasteiger partial charge in [-0.05, 0) is 11.8 Å². The van der Waals surface area contributed by atoms with Crippen LogP contribution < -0.4 is 10.6 Å². The monoisotopic (exact) mass is 202 g/mol.